The highest BCUT2D eigenvalue weighted by molar-refractivity contribution is 5.86. The minimum atomic E-state index is -0.676. The van der Waals surface area contributed by atoms with Crippen molar-refractivity contribution in [2.75, 3.05) is 20.8 Å². The average Bonchev–Trinajstić information content (AvgIpc) is 2.29. The minimum absolute atomic E-state index is 0.0887. The van der Waals surface area contributed by atoms with Crippen LogP contribution >= 0.6 is 0 Å². The topological polar surface area (TPSA) is 61.5 Å². The SMILES string of the molecule is COCC(N)C(=O)Cc1ccc(OC)c(F)c1. The number of ether oxygens (including phenoxy) is 2. The molecule has 1 aromatic rings. The molecule has 0 bridgehead atoms. The van der Waals surface area contributed by atoms with Crippen LogP contribution in [0.1, 0.15) is 5.56 Å². The maximum atomic E-state index is 13.4. The summed E-state index contributed by atoms with van der Waals surface area (Å²) < 4.78 is 22.9. The summed E-state index contributed by atoms with van der Waals surface area (Å²) in [4.78, 5) is 11.6. The molecule has 94 valence electrons. The van der Waals surface area contributed by atoms with E-state index in [9.17, 15) is 9.18 Å². The lowest BCUT2D eigenvalue weighted by molar-refractivity contribution is -0.120. The third-order valence-corrected chi connectivity index (χ3v) is 2.35. The maximum absolute atomic E-state index is 13.4. The highest BCUT2D eigenvalue weighted by atomic mass is 19.1. The van der Waals surface area contributed by atoms with Gasteiger partial charge in [-0.15, -0.1) is 0 Å². The van der Waals surface area contributed by atoms with Gasteiger partial charge in [-0.1, -0.05) is 6.07 Å². The Hall–Kier alpha value is -1.46. The van der Waals surface area contributed by atoms with Gasteiger partial charge in [-0.05, 0) is 17.7 Å². The number of carbonyl (C=O) groups excluding carboxylic acids is 1. The molecule has 17 heavy (non-hydrogen) atoms. The summed E-state index contributed by atoms with van der Waals surface area (Å²) in [6, 6.07) is 3.72. The van der Waals surface area contributed by atoms with Crippen molar-refractivity contribution in [2.24, 2.45) is 5.73 Å². The van der Waals surface area contributed by atoms with Gasteiger partial charge in [-0.2, -0.15) is 0 Å². The molecule has 0 aromatic heterocycles. The molecule has 0 fully saturated rings. The number of hydrogen-bond donors (Lipinski definition) is 1. The van der Waals surface area contributed by atoms with Gasteiger partial charge in [0, 0.05) is 13.5 Å². The van der Waals surface area contributed by atoms with Gasteiger partial charge < -0.3 is 15.2 Å². The van der Waals surface area contributed by atoms with Crippen molar-refractivity contribution >= 4 is 5.78 Å². The zero-order chi connectivity index (χ0) is 12.8. The predicted octanol–water partition coefficient (Wildman–Crippen LogP) is 0.920. The smallest absolute Gasteiger partial charge is 0.165 e. The number of ketones is 1. The van der Waals surface area contributed by atoms with E-state index in [1.807, 2.05) is 0 Å². The maximum Gasteiger partial charge on any atom is 0.165 e. The van der Waals surface area contributed by atoms with E-state index in [0.29, 0.717) is 5.56 Å². The Morgan fingerprint density at radius 2 is 2.18 bits per heavy atom. The average molecular weight is 241 g/mol. The monoisotopic (exact) mass is 241 g/mol. The van der Waals surface area contributed by atoms with E-state index in [0.717, 1.165) is 0 Å². The molecule has 0 amide bonds. The van der Waals surface area contributed by atoms with Gasteiger partial charge in [-0.3, -0.25) is 4.79 Å². The van der Waals surface area contributed by atoms with Crippen LogP contribution in [0.15, 0.2) is 18.2 Å². The number of hydrogen-bond acceptors (Lipinski definition) is 4. The van der Waals surface area contributed by atoms with Crippen molar-refractivity contribution in [2.45, 2.75) is 12.5 Å². The third kappa shape index (κ3) is 3.80. The molecule has 0 saturated carbocycles. The van der Waals surface area contributed by atoms with Crippen LogP contribution in [0.3, 0.4) is 0 Å². The Morgan fingerprint density at radius 1 is 1.47 bits per heavy atom. The number of benzene rings is 1. The Kier molecular flexibility index (Phi) is 5.06. The Labute approximate surface area is 99.5 Å². The number of methoxy groups -OCH3 is 2. The van der Waals surface area contributed by atoms with Crippen LogP contribution in [0.5, 0.6) is 5.75 Å². The second-order valence-electron chi connectivity index (χ2n) is 3.67. The second-order valence-corrected chi connectivity index (χ2v) is 3.67. The summed E-state index contributed by atoms with van der Waals surface area (Å²) in [5.74, 6) is -0.517. The lowest BCUT2D eigenvalue weighted by atomic mass is 10.0. The van der Waals surface area contributed by atoms with Crippen LogP contribution in [0.25, 0.3) is 0 Å². The van der Waals surface area contributed by atoms with Crippen LogP contribution in [0, 0.1) is 5.82 Å². The third-order valence-electron chi connectivity index (χ3n) is 2.35. The Morgan fingerprint density at radius 3 is 2.71 bits per heavy atom. The fourth-order valence-electron chi connectivity index (χ4n) is 1.42. The summed E-state index contributed by atoms with van der Waals surface area (Å²) in [5, 5.41) is 0. The van der Waals surface area contributed by atoms with Gasteiger partial charge in [0.2, 0.25) is 0 Å². The van der Waals surface area contributed by atoms with E-state index in [2.05, 4.69) is 0 Å². The largest absolute Gasteiger partial charge is 0.494 e. The predicted molar refractivity (Wildman–Crippen MR) is 61.5 cm³/mol. The van der Waals surface area contributed by atoms with Crippen molar-refractivity contribution in [1.29, 1.82) is 0 Å². The first kappa shape index (κ1) is 13.6. The summed E-state index contributed by atoms with van der Waals surface area (Å²) in [7, 11) is 2.86. The van der Waals surface area contributed by atoms with Crippen LogP contribution in [0.4, 0.5) is 4.39 Å². The molecule has 0 aliphatic rings. The van der Waals surface area contributed by atoms with Gasteiger partial charge >= 0.3 is 0 Å². The van der Waals surface area contributed by atoms with E-state index >= 15 is 0 Å². The molecule has 1 atom stereocenters. The van der Waals surface area contributed by atoms with Crippen LogP contribution in [0.2, 0.25) is 0 Å². The van der Waals surface area contributed by atoms with E-state index < -0.39 is 11.9 Å². The first-order chi connectivity index (χ1) is 8.08. The first-order valence-corrected chi connectivity index (χ1v) is 5.18. The number of Topliss-reactive ketones (excluding diaryl/α,β-unsaturated/α-hetero) is 1. The fourth-order valence-corrected chi connectivity index (χ4v) is 1.42. The molecule has 5 heteroatoms. The van der Waals surface area contributed by atoms with Crippen molar-refractivity contribution in [1.82, 2.24) is 0 Å². The summed E-state index contributed by atoms with van der Waals surface area (Å²) >= 11 is 0. The van der Waals surface area contributed by atoms with Crippen LogP contribution in [-0.4, -0.2) is 32.7 Å². The summed E-state index contributed by atoms with van der Waals surface area (Å²) in [6.07, 6.45) is 0.0887. The lowest BCUT2D eigenvalue weighted by Gasteiger charge is -2.09. The molecular formula is C12H16FNO3. The quantitative estimate of drug-likeness (QED) is 0.804. The van der Waals surface area contributed by atoms with E-state index in [1.165, 1.54) is 26.4 Å². The number of carbonyl (C=O) groups is 1. The van der Waals surface area contributed by atoms with E-state index in [4.69, 9.17) is 15.2 Å². The Balaban J connectivity index is 2.69. The molecule has 1 aromatic carbocycles. The van der Waals surface area contributed by atoms with Crippen molar-refractivity contribution in [3.8, 4) is 5.75 Å². The van der Waals surface area contributed by atoms with Crippen LogP contribution in [-0.2, 0) is 16.0 Å². The van der Waals surface area contributed by atoms with Gasteiger partial charge in [0.25, 0.3) is 0 Å². The number of nitrogens with two attached hydrogens (primary N) is 1. The summed E-state index contributed by atoms with van der Waals surface area (Å²) in [6.45, 7) is 0.164. The molecule has 0 radical (unpaired) electrons. The van der Waals surface area contributed by atoms with Gasteiger partial charge in [0.1, 0.15) is 0 Å². The normalized spacial score (nSPS) is 12.2. The molecule has 0 heterocycles. The van der Waals surface area contributed by atoms with E-state index in [-0.39, 0.29) is 24.6 Å². The molecule has 0 spiro atoms. The van der Waals surface area contributed by atoms with E-state index in [1.54, 1.807) is 6.07 Å². The molecule has 2 N–H and O–H groups in total. The molecule has 0 aliphatic carbocycles. The fraction of sp³-hybridized carbons (Fsp3) is 0.417. The minimum Gasteiger partial charge on any atom is -0.494 e. The van der Waals surface area contributed by atoms with Gasteiger partial charge in [-0.25, -0.2) is 4.39 Å². The molecular weight excluding hydrogens is 225 g/mol. The standard InChI is InChI=1S/C12H16FNO3/c1-16-7-10(14)11(15)6-8-3-4-12(17-2)9(13)5-8/h3-5,10H,6-7,14H2,1-2H3. The summed E-state index contributed by atoms with van der Waals surface area (Å²) in [5.41, 5.74) is 6.15. The second kappa shape index (κ2) is 6.32. The molecule has 4 nitrogen and oxygen atoms in total. The molecule has 1 rings (SSSR count). The number of rotatable bonds is 6. The van der Waals surface area contributed by atoms with Gasteiger partial charge in [0.05, 0.1) is 19.8 Å². The Bertz CT molecular complexity index is 395. The van der Waals surface area contributed by atoms with Crippen molar-refractivity contribution < 1.29 is 18.7 Å². The highest BCUT2D eigenvalue weighted by Crippen LogP contribution is 2.18. The zero-order valence-electron chi connectivity index (χ0n) is 9.90. The van der Waals surface area contributed by atoms with Gasteiger partial charge in [0.15, 0.2) is 17.3 Å². The molecule has 0 aliphatic heterocycles. The molecule has 1 unspecified atom stereocenters. The van der Waals surface area contributed by atoms with Crippen molar-refractivity contribution in [3.63, 3.8) is 0 Å². The highest BCUT2D eigenvalue weighted by Gasteiger charge is 2.14. The lowest BCUT2D eigenvalue weighted by Crippen LogP contribution is -2.35. The zero-order valence-corrected chi connectivity index (χ0v) is 9.90. The number of halogens is 1. The van der Waals surface area contributed by atoms with Crippen LogP contribution < -0.4 is 10.5 Å². The molecule has 0 saturated heterocycles. The first-order valence-electron chi connectivity index (χ1n) is 5.18. The van der Waals surface area contributed by atoms with Crippen molar-refractivity contribution in [3.05, 3.63) is 29.6 Å².